The predicted octanol–water partition coefficient (Wildman–Crippen LogP) is 14.8. The van der Waals surface area contributed by atoms with Crippen LogP contribution in [0.25, 0.3) is 22.5 Å². The van der Waals surface area contributed by atoms with Crippen LogP contribution in [-0.4, -0.2) is 96.8 Å². The zero-order valence-electron chi connectivity index (χ0n) is 53.1. The van der Waals surface area contributed by atoms with Crippen molar-refractivity contribution in [3.8, 4) is 22.5 Å². The van der Waals surface area contributed by atoms with Gasteiger partial charge in [0.15, 0.2) is 0 Å². The van der Waals surface area contributed by atoms with Crippen molar-refractivity contribution in [2.75, 3.05) is 13.1 Å². The van der Waals surface area contributed by atoms with Crippen LogP contribution >= 0.6 is 0 Å². The number of carbonyl (C=O) groups excluding carboxylic acids is 1. The fourth-order valence-electron chi connectivity index (χ4n) is 11.4. The molecule has 4 aliphatic heterocycles. The van der Waals surface area contributed by atoms with E-state index < -0.39 is 13.2 Å². The smallest absolute Gasteiger partial charge is 0.465 e. The number of carboxylic acid groups (broad SMARTS) is 1. The molecule has 6 heterocycles. The first kappa shape index (κ1) is 63.3. The minimum atomic E-state index is -0.867. The Bertz CT molecular complexity index is 3450. The van der Waals surface area contributed by atoms with Gasteiger partial charge in [0.05, 0.1) is 58.3 Å². The van der Waals surface area contributed by atoms with E-state index in [1.807, 2.05) is 160 Å². The third kappa shape index (κ3) is 15.2. The Morgan fingerprint density at radius 2 is 0.830 bits per heavy atom. The van der Waals surface area contributed by atoms with E-state index >= 15 is 0 Å². The van der Waals surface area contributed by atoms with Crippen molar-refractivity contribution < 1.29 is 38.0 Å². The lowest BCUT2D eigenvalue weighted by atomic mass is 9.79. The van der Waals surface area contributed by atoms with Crippen LogP contribution in [-0.2, 0) is 30.0 Å². The molecular formula is C72H86B2N6O8. The molecular weight excluding hydrogens is 1100 g/mol. The lowest BCUT2D eigenvalue weighted by Crippen LogP contribution is -2.41. The van der Waals surface area contributed by atoms with Gasteiger partial charge in [-0.1, -0.05) is 187 Å². The maximum absolute atomic E-state index is 13.1. The number of rotatable bonds is 8. The monoisotopic (exact) mass is 1180 g/mol. The Morgan fingerprint density at radius 1 is 0.500 bits per heavy atom. The van der Waals surface area contributed by atoms with E-state index in [0.717, 1.165) is 95.7 Å². The van der Waals surface area contributed by atoms with Crippen molar-refractivity contribution in [1.29, 1.82) is 0 Å². The van der Waals surface area contributed by atoms with E-state index in [2.05, 4.69) is 112 Å². The largest absolute Gasteiger partial charge is 0.494 e. The highest BCUT2D eigenvalue weighted by molar-refractivity contribution is 6.62. The topological polar surface area (TPSA) is 164 Å². The van der Waals surface area contributed by atoms with Gasteiger partial charge < -0.3 is 38.4 Å². The second-order valence-electron chi connectivity index (χ2n) is 26.8. The molecule has 2 saturated carbocycles. The molecule has 2 aromatic heterocycles. The number of ether oxygens (including phenoxy) is 1. The molecule has 0 radical (unpaired) electrons. The maximum Gasteiger partial charge on any atom is 0.494 e. The van der Waals surface area contributed by atoms with Crippen molar-refractivity contribution >= 4 is 37.3 Å². The Kier molecular flexibility index (Phi) is 18.8. The number of nitrogens with one attached hydrogen (secondary N) is 2. The second kappa shape index (κ2) is 26.1. The van der Waals surface area contributed by atoms with Crippen LogP contribution in [0.5, 0.6) is 0 Å². The van der Waals surface area contributed by atoms with Crippen LogP contribution < -0.4 is 10.9 Å². The first-order valence-corrected chi connectivity index (χ1v) is 31.0. The van der Waals surface area contributed by atoms with Crippen LogP contribution in [0.4, 0.5) is 9.59 Å². The summed E-state index contributed by atoms with van der Waals surface area (Å²) >= 11 is 0. The first-order valence-electron chi connectivity index (χ1n) is 31.0. The predicted molar refractivity (Wildman–Crippen MR) is 349 cm³/mol. The van der Waals surface area contributed by atoms with Gasteiger partial charge >= 0.3 is 26.4 Å². The highest BCUT2D eigenvalue weighted by Crippen LogP contribution is 2.59. The molecule has 8 aromatic rings. The van der Waals surface area contributed by atoms with Crippen LogP contribution in [0.2, 0.25) is 0 Å². The van der Waals surface area contributed by atoms with Crippen LogP contribution in [0.15, 0.2) is 182 Å². The van der Waals surface area contributed by atoms with Crippen molar-refractivity contribution in [3.63, 3.8) is 0 Å². The molecule has 3 N–H and O–H groups in total. The molecule has 4 saturated heterocycles. The van der Waals surface area contributed by atoms with Gasteiger partial charge in [0.1, 0.15) is 18.3 Å². The number of H-pyrrole nitrogens is 2. The minimum Gasteiger partial charge on any atom is -0.465 e. The van der Waals surface area contributed by atoms with Crippen molar-refractivity contribution in [1.82, 2.24) is 29.7 Å². The molecule has 88 heavy (non-hydrogen) atoms. The summed E-state index contributed by atoms with van der Waals surface area (Å²) in [7, 11) is -0.779. The van der Waals surface area contributed by atoms with Gasteiger partial charge in [0.25, 0.3) is 0 Å². The number of likely N-dealkylation sites (tertiary alicyclic amines) is 2. The van der Waals surface area contributed by atoms with E-state index in [1.165, 1.54) is 21.6 Å². The van der Waals surface area contributed by atoms with Gasteiger partial charge in [0, 0.05) is 13.1 Å². The van der Waals surface area contributed by atoms with E-state index in [-0.39, 0.29) is 65.1 Å². The number of benzene rings is 6. The Labute approximate surface area is 521 Å². The van der Waals surface area contributed by atoms with Crippen molar-refractivity contribution in [2.24, 2.45) is 10.8 Å². The molecule has 14 nitrogen and oxygen atoms in total. The molecule has 2 spiro atoms. The second-order valence-corrected chi connectivity index (χ2v) is 26.8. The number of amides is 2. The van der Waals surface area contributed by atoms with E-state index in [4.69, 9.17) is 28.3 Å². The number of carbonyl (C=O) groups is 2. The summed E-state index contributed by atoms with van der Waals surface area (Å²) in [5, 5.41) is 9.60. The Hall–Kier alpha value is -7.75. The molecule has 14 rings (SSSR count). The zero-order chi connectivity index (χ0) is 62.5. The number of aromatic amines is 2. The summed E-state index contributed by atoms with van der Waals surface area (Å²) in [5.74, 6) is 1.54. The Morgan fingerprint density at radius 3 is 1.15 bits per heavy atom. The van der Waals surface area contributed by atoms with Gasteiger partial charge in [-0.15, -0.1) is 0 Å². The molecule has 0 bridgehead atoms. The normalized spacial score (nSPS) is 20.5. The minimum absolute atomic E-state index is 0.108. The quantitative estimate of drug-likeness (QED) is 0.125. The summed E-state index contributed by atoms with van der Waals surface area (Å²) in [6.45, 7) is 24.3. The van der Waals surface area contributed by atoms with Gasteiger partial charge in [0.2, 0.25) is 0 Å². The lowest BCUT2D eigenvalue weighted by Gasteiger charge is -2.32. The standard InChI is InChI=1S/C29H34BN3O4.C22H28BN3O4.3C7H8/c1-27(2)28(3,4)37-30(36-27)22-12-10-21(11-13-22)23-17-31-25(32-23)24-16-29(14-15-29)19-33(24)26(34)35-18-20-8-6-5-7-9-20;1-20(2)21(3,4)30-23(29-20)15-7-5-14(6-8-15)16-12-24-18(25-16)17-11-22(9-10-22)13-26(17)19(27)28;3*1-7-5-3-2-4-6-7/h5-13,17,24H,14-16,18-19H2,1-4H3,(H,31,32);5-8,12,17H,9-11,13H2,1-4H3,(H,24,25)(H,27,28);3*2-6H,1H3. The van der Waals surface area contributed by atoms with Gasteiger partial charge in [-0.25, -0.2) is 19.6 Å². The van der Waals surface area contributed by atoms with Gasteiger partial charge in [-0.05, 0) is 153 Å². The Balaban J connectivity index is 0.000000147. The summed E-state index contributed by atoms with van der Waals surface area (Å²) in [5.41, 5.74) is 9.64. The number of aryl methyl sites for hydroxylation is 3. The number of nitrogens with zero attached hydrogens (tertiary/aromatic N) is 4. The molecule has 2 amide bonds. The fraction of sp³-hybridized carbons (Fsp3) is 0.389. The fourth-order valence-corrected chi connectivity index (χ4v) is 11.4. The molecule has 16 heteroatoms. The molecule has 6 aromatic carbocycles. The third-order valence-electron chi connectivity index (χ3n) is 18.8. The number of hydrogen-bond donors (Lipinski definition) is 3. The summed E-state index contributed by atoms with van der Waals surface area (Å²) in [4.78, 5) is 44.3. The maximum atomic E-state index is 13.1. The highest BCUT2D eigenvalue weighted by atomic mass is 16.7. The van der Waals surface area contributed by atoms with Gasteiger partial charge in [-0.3, -0.25) is 9.80 Å². The van der Waals surface area contributed by atoms with Gasteiger partial charge in [-0.2, -0.15) is 0 Å². The molecule has 2 unspecified atom stereocenters. The van der Waals surface area contributed by atoms with Crippen LogP contribution in [0.1, 0.15) is 140 Å². The van der Waals surface area contributed by atoms with E-state index in [9.17, 15) is 14.7 Å². The van der Waals surface area contributed by atoms with E-state index in [0.29, 0.717) is 6.54 Å². The first-order chi connectivity index (χ1) is 41.9. The van der Waals surface area contributed by atoms with E-state index in [1.54, 1.807) is 6.20 Å². The average molecular weight is 1190 g/mol. The zero-order valence-corrected chi connectivity index (χ0v) is 53.1. The molecule has 458 valence electrons. The van der Waals surface area contributed by atoms with Crippen molar-refractivity contribution in [3.05, 3.63) is 216 Å². The average Bonchev–Trinajstić information content (AvgIpc) is 1.66. The van der Waals surface area contributed by atoms with Crippen LogP contribution in [0.3, 0.4) is 0 Å². The molecule has 2 aliphatic carbocycles. The third-order valence-corrected chi connectivity index (χ3v) is 18.8. The number of aromatic nitrogens is 4. The SMILES string of the molecule is CC1(C)OB(c2ccc(-c3cnc(C4CC5(CC5)CN4C(=O)O)[nH]3)cc2)OC1(C)C.CC1(C)OB(c2ccc(-c3cnc(C4CC5(CC5)CN4C(=O)OCc4ccccc4)[nH]3)cc2)OC1(C)C.Cc1ccccc1.Cc1ccccc1.Cc1ccccc1. The lowest BCUT2D eigenvalue weighted by molar-refractivity contribution is 0.00578. The molecule has 6 aliphatic rings. The summed E-state index contributed by atoms with van der Waals surface area (Å²) in [6, 6.07) is 56.5. The van der Waals surface area contributed by atoms with Crippen LogP contribution in [0, 0.1) is 31.6 Å². The molecule has 2 atom stereocenters. The van der Waals surface area contributed by atoms with Crippen molar-refractivity contribution in [2.45, 2.75) is 156 Å². The number of hydrogen-bond acceptors (Lipinski definition) is 9. The summed E-state index contributed by atoms with van der Waals surface area (Å²) < 4.78 is 30.3. The summed E-state index contributed by atoms with van der Waals surface area (Å²) in [6.07, 6.45) is 8.80. The molecule has 6 fully saturated rings. The highest BCUT2D eigenvalue weighted by Gasteiger charge is 2.57. The number of imidazole rings is 2.